The maximum absolute atomic E-state index is 13.5. The molecular formula is C25H23ClN2O2S. The van der Waals surface area contributed by atoms with Crippen LogP contribution in [0, 0.1) is 18.8 Å². The summed E-state index contributed by atoms with van der Waals surface area (Å²) in [5.41, 5.74) is 3.54. The lowest BCUT2D eigenvalue weighted by atomic mass is 10.1. The van der Waals surface area contributed by atoms with E-state index >= 15 is 0 Å². The van der Waals surface area contributed by atoms with Crippen molar-refractivity contribution in [1.82, 2.24) is 10.2 Å². The summed E-state index contributed by atoms with van der Waals surface area (Å²) in [6.07, 6.45) is 1.13. The van der Waals surface area contributed by atoms with E-state index < -0.39 is 0 Å². The monoisotopic (exact) mass is 450 g/mol. The Morgan fingerprint density at radius 3 is 2.81 bits per heavy atom. The Hall–Kier alpha value is -2.63. The minimum atomic E-state index is -0.157. The van der Waals surface area contributed by atoms with Gasteiger partial charge in [0.2, 0.25) is 0 Å². The Bertz CT molecular complexity index is 1160. The van der Waals surface area contributed by atoms with Crippen LogP contribution in [-0.2, 0) is 0 Å². The van der Waals surface area contributed by atoms with Crippen LogP contribution in [0.25, 0.3) is 10.4 Å². The molecule has 3 atom stereocenters. The van der Waals surface area contributed by atoms with Gasteiger partial charge in [-0.1, -0.05) is 47.5 Å². The Labute approximate surface area is 190 Å². The van der Waals surface area contributed by atoms with Gasteiger partial charge in [-0.3, -0.25) is 9.59 Å². The number of likely N-dealkylation sites (tertiary alicyclic amines) is 1. The zero-order chi connectivity index (χ0) is 21.5. The highest BCUT2D eigenvalue weighted by molar-refractivity contribution is 7.14. The molecule has 1 saturated heterocycles. The number of hydrogen-bond donors (Lipinski definition) is 1. The number of aryl methyl sites for hydroxylation is 1. The van der Waals surface area contributed by atoms with Gasteiger partial charge in [0.15, 0.2) is 0 Å². The van der Waals surface area contributed by atoms with Crippen molar-refractivity contribution in [3.63, 3.8) is 0 Å². The zero-order valence-corrected chi connectivity index (χ0v) is 18.7. The molecule has 1 saturated carbocycles. The quantitative estimate of drug-likeness (QED) is 0.575. The van der Waals surface area contributed by atoms with Crippen LogP contribution in [0.15, 0.2) is 60.0 Å². The third kappa shape index (κ3) is 4.00. The van der Waals surface area contributed by atoms with Gasteiger partial charge < -0.3 is 10.2 Å². The van der Waals surface area contributed by atoms with Gasteiger partial charge in [-0.05, 0) is 60.4 Å². The summed E-state index contributed by atoms with van der Waals surface area (Å²) in [7, 11) is 0. The highest BCUT2D eigenvalue weighted by atomic mass is 35.5. The van der Waals surface area contributed by atoms with Crippen LogP contribution in [-0.4, -0.2) is 35.8 Å². The first-order valence-electron chi connectivity index (χ1n) is 10.5. The highest BCUT2D eigenvalue weighted by Gasteiger charge is 2.54. The van der Waals surface area contributed by atoms with E-state index in [1.807, 2.05) is 22.4 Å². The Morgan fingerprint density at radius 1 is 1.16 bits per heavy atom. The summed E-state index contributed by atoms with van der Waals surface area (Å²) in [6, 6.07) is 17.1. The van der Waals surface area contributed by atoms with Gasteiger partial charge in [0.1, 0.15) is 0 Å². The van der Waals surface area contributed by atoms with Crippen molar-refractivity contribution >= 4 is 34.8 Å². The second kappa shape index (κ2) is 8.13. The molecule has 2 aromatic carbocycles. The zero-order valence-electron chi connectivity index (χ0n) is 17.2. The second-order valence-electron chi connectivity index (χ2n) is 8.44. The van der Waals surface area contributed by atoms with Crippen molar-refractivity contribution in [1.29, 1.82) is 0 Å². The number of carbonyl (C=O) groups excluding carboxylic acids is 2. The molecule has 1 unspecified atom stereocenters. The van der Waals surface area contributed by atoms with Crippen LogP contribution in [0.5, 0.6) is 0 Å². The van der Waals surface area contributed by atoms with Crippen molar-refractivity contribution in [2.75, 3.05) is 13.1 Å². The topological polar surface area (TPSA) is 49.4 Å². The summed E-state index contributed by atoms with van der Waals surface area (Å²) in [5.74, 6) is 0.935. The minimum absolute atomic E-state index is 0.0332. The molecule has 0 radical (unpaired) electrons. The van der Waals surface area contributed by atoms with Crippen LogP contribution in [0.3, 0.4) is 0 Å². The standard InChI is InChI=1S/C25H23ClN2O2S/c1-15-4-2-5-16(10-15)23-20(8-9-31-23)25(30)28-14-18-12-21(18)22(28)13-27-24(29)17-6-3-7-19(26)11-17/h2-11,18,21-22H,12-14H2,1H3,(H,27,29)/t18-,21?,22+/m0/s1. The Kier molecular flexibility index (Phi) is 5.32. The van der Waals surface area contributed by atoms with Crippen LogP contribution >= 0.6 is 22.9 Å². The molecule has 5 rings (SSSR count). The summed E-state index contributed by atoms with van der Waals surface area (Å²) in [4.78, 5) is 29.1. The average molecular weight is 451 g/mol. The molecule has 1 aliphatic carbocycles. The number of amides is 2. The molecule has 1 aliphatic heterocycles. The number of nitrogens with zero attached hydrogens (tertiary/aromatic N) is 1. The SMILES string of the molecule is Cc1cccc(-c2sccc2C(=O)N2C[C@@H]3CC3[C@H]2CNC(=O)c2cccc(Cl)c2)c1. The normalized spacial score (nSPS) is 21.6. The van der Waals surface area contributed by atoms with E-state index in [-0.39, 0.29) is 17.9 Å². The Balaban J connectivity index is 1.33. The fourth-order valence-corrected chi connectivity index (χ4v) is 5.71. The van der Waals surface area contributed by atoms with Crippen molar-refractivity contribution in [2.45, 2.75) is 19.4 Å². The van der Waals surface area contributed by atoms with E-state index in [0.717, 1.165) is 29.0 Å². The smallest absolute Gasteiger partial charge is 0.255 e. The second-order valence-corrected chi connectivity index (χ2v) is 9.79. The van der Waals surface area contributed by atoms with Crippen molar-refractivity contribution < 1.29 is 9.59 Å². The van der Waals surface area contributed by atoms with E-state index in [1.165, 1.54) is 5.56 Å². The largest absolute Gasteiger partial charge is 0.350 e. The van der Waals surface area contributed by atoms with E-state index in [2.05, 4.69) is 30.4 Å². The van der Waals surface area contributed by atoms with E-state index in [1.54, 1.807) is 35.6 Å². The average Bonchev–Trinajstić information content (AvgIpc) is 3.20. The third-order valence-corrected chi connectivity index (χ3v) is 7.50. The number of halogens is 1. The molecule has 3 aromatic rings. The van der Waals surface area contributed by atoms with Gasteiger partial charge in [-0.2, -0.15) is 0 Å². The predicted molar refractivity (Wildman–Crippen MR) is 125 cm³/mol. The van der Waals surface area contributed by atoms with Gasteiger partial charge in [-0.15, -0.1) is 11.3 Å². The molecule has 2 amide bonds. The predicted octanol–water partition coefficient (Wildman–Crippen LogP) is 5.27. The lowest BCUT2D eigenvalue weighted by molar-refractivity contribution is 0.0696. The summed E-state index contributed by atoms with van der Waals surface area (Å²) < 4.78 is 0. The van der Waals surface area contributed by atoms with Gasteiger partial charge >= 0.3 is 0 Å². The third-order valence-electron chi connectivity index (χ3n) is 6.30. The molecule has 2 aliphatic rings. The molecule has 2 fully saturated rings. The first-order chi connectivity index (χ1) is 15.0. The maximum atomic E-state index is 13.5. The first kappa shape index (κ1) is 20.3. The highest BCUT2D eigenvalue weighted by Crippen LogP contribution is 2.50. The number of piperidine rings is 1. The van der Waals surface area contributed by atoms with Crippen LogP contribution in [0.2, 0.25) is 5.02 Å². The molecular weight excluding hydrogens is 428 g/mol. The molecule has 1 N–H and O–H groups in total. The number of hydrogen-bond acceptors (Lipinski definition) is 3. The van der Waals surface area contributed by atoms with E-state index in [0.29, 0.717) is 29.0 Å². The minimum Gasteiger partial charge on any atom is -0.350 e. The van der Waals surface area contributed by atoms with Gasteiger partial charge in [0.05, 0.1) is 11.6 Å². The molecule has 4 nitrogen and oxygen atoms in total. The number of rotatable bonds is 5. The van der Waals surface area contributed by atoms with Gasteiger partial charge in [0, 0.05) is 28.6 Å². The van der Waals surface area contributed by atoms with Crippen molar-refractivity contribution in [3.05, 3.63) is 81.7 Å². The lowest BCUT2D eigenvalue weighted by Gasteiger charge is -2.28. The number of fused-ring (bicyclic) bond motifs is 1. The van der Waals surface area contributed by atoms with Crippen molar-refractivity contribution in [3.8, 4) is 10.4 Å². The van der Waals surface area contributed by atoms with Crippen molar-refractivity contribution in [2.24, 2.45) is 11.8 Å². The lowest BCUT2D eigenvalue weighted by Crippen LogP contribution is -2.45. The maximum Gasteiger partial charge on any atom is 0.255 e. The Morgan fingerprint density at radius 2 is 2.00 bits per heavy atom. The first-order valence-corrected chi connectivity index (χ1v) is 11.8. The van der Waals surface area contributed by atoms with Crippen LogP contribution in [0.4, 0.5) is 0 Å². The van der Waals surface area contributed by atoms with E-state index in [4.69, 9.17) is 11.6 Å². The van der Waals surface area contributed by atoms with Gasteiger partial charge in [0.25, 0.3) is 11.8 Å². The molecule has 158 valence electrons. The fraction of sp³-hybridized carbons (Fsp3) is 0.280. The fourth-order valence-electron chi connectivity index (χ4n) is 4.64. The molecule has 2 heterocycles. The number of benzene rings is 2. The number of carbonyl (C=O) groups is 2. The molecule has 0 bridgehead atoms. The summed E-state index contributed by atoms with van der Waals surface area (Å²) in [6.45, 7) is 3.29. The van der Waals surface area contributed by atoms with Gasteiger partial charge in [-0.25, -0.2) is 0 Å². The molecule has 31 heavy (non-hydrogen) atoms. The molecule has 0 spiro atoms. The molecule has 6 heteroatoms. The van der Waals surface area contributed by atoms with Crippen LogP contribution < -0.4 is 5.32 Å². The van der Waals surface area contributed by atoms with Crippen LogP contribution in [0.1, 0.15) is 32.7 Å². The van der Waals surface area contributed by atoms with E-state index in [9.17, 15) is 9.59 Å². The summed E-state index contributed by atoms with van der Waals surface area (Å²) in [5, 5.41) is 5.54. The number of nitrogens with one attached hydrogen (secondary N) is 1. The molecule has 1 aromatic heterocycles. The summed E-state index contributed by atoms with van der Waals surface area (Å²) >= 11 is 7.61. The number of thiophene rings is 1.